The lowest BCUT2D eigenvalue weighted by atomic mass is 9.91. The van der Waals surface area contributed by atoms with Crippen molar-refractivity contribution in [2.75, 3.05) is 11.9 Å². The Hall–Kier alpha value is -0.980. The van der Waals surface area contributed by atoms with Crippen LogP contribution in [0.5, 0.6) is 0 Å². The van der Waals surface area contributed by atoms with E-state index >= 15 is 0 Å². The summed E-state index contributed by atoms with van der Waals surface area (Å²) in [4.78, 5) is 0. The van der Waals surface area contributed by atoms with Crippen molar-refractivity contribution in [3.8, 4) is 0 Å². The lowest BCUT2D eigenvalue weighted by molar-refractivity contribution is 0.522. The van der Waals surface area contributed by atoms with Crippen molar-refractivity contribution in [3.63, 3.8) is 0 Å². The number of hydrogen-bond donors (Lipinski definition) is 1. The quantitative estimate of drug-likeness (QED) is 0.750. The second kappa shape index (κ2) is 3.64. The Labute approximate surface area is 86.5 Å². The molecule has 1 heteroatoms. The smallest absolute Gasteiger partial charge is 0.0376 e. The van der Waals surface area contributed by atoms with E-state index in [4.69, 9.17) is 0 Å². The van der Waals surface area contributed by atoms with Gasteiger partial charge in [-0.05, 0) is 30.9 Å². The normalized spacial score (nSPS) is 19.6. The fourth-order valence-corrected chi connectivity index (χ4v) is 2.30. The molecule has 1 aliphatic heterocycles. The molecule has 1 N–H and O–H groups in total. The maximum atomic E-state index is 3.48. The van der Waals surface area contributed by atoms with Gasteiger partial charge >= 0.3 is 0 Å². The molecule has 0 bridgehead atoms. The summed E-state index contributed by atoms with van der Waals surface area (Å²) in [5.74, 6) is 1.51. The summed E-state index contributed by atoms with van der Waals surface area (Å²) in [6.45, 7) is 7.89. The van der Waals surface area contributed by atoms with Crippen LogP contribution in [0.1, 0.15) is 37.3 Å². The van der Waals surface area contributed by atoms with Crippen LogP contribution in [0.3, 0.4) is 0 Å². The minimum atomic E-state index is 0.727. The number of anilines is 1. The Morgan fingerprint density at radius 2 is 2.21 bits per heavy atom. The maximum Gasteiger partial charge on any atom is 0.0376 e. The zero-order valence-electron chi connectivity index (χ0n) is 9.30. The van der Waals surface area contributed by atoms with Gasteiger partial charge in [-0.2, -0.15) is 0 Å². The number of benzene rings is 1. The van der Waals surface area contributed by atoms with Crippen LogP contribution in [0.2, 0.25) is 0 Å². The van der Waals surface area contributed by atoms with Crippen LogP contribution in [0.4, 0.5) is 5.69 Å². The van der Waals surface area contributed by atoms with Crippen LogP contribution in [0, 0.1) is 12.8 Å². The van der Waals surface area contributed by atoms with Crippen molar-refractivity contribution in [1.82, 2.24) is 0 Å². The molecule has 1 nitrogen and oxygen atoms in total. The van der Waals surface area contributed by atoms with Gasteiger partial charge in [-0.3, -0.25) is 0 Å². The second-order valence-electron chi connectivity index (χ2n) is 4.80. The Morgan fingerprint density at radius 3 is 2.93 bits per heavy atom. The third kappa shape index (κ3) is 1.77. The third-order valence-corrected chi connectivity index (χ3v) is 2.94. The van der Waals surface area contributed by atoms with E-state index in [1.165, 1.54) is 23.2 Å². The largest absolute Gasteiger partial charge is 0.384 e. The maximum absolute atomic E-state index is 3.48. The van der Waals surface area contributed by atoms with E-state index in [0.29, 0.717) is 0 Å². The highest BCUT2D eigenvalue weighted by Crippen LogP contribution is 2.35. The minimum Gasteiger partial charge on any atom is -0.384 e. The molecule has 1 unspecified atom stereocenters. The summed E-state index contributed by atoms with van der Waals surface area (Å²) in [6.07, 6.45) is 1.30. The van der Waals surface area contributed by atoms with E-state index < -0.39 is 0 Å². The molecule has 1 heterocycles. The topological polar surface area (TPSA) is 12.0 Å². The first-order valence-corrected chi connectivity index (χ1v) is 5.51. The van der Waals surface area contributed by atoms with Crippen molar-refractivity contribution >= 4 is 5.69 Å². The first kappa shape index (κ1) is 9.57. The predicted octanol–water partition coefficient (Wildman–Crippen LogP) is 3.55. The monoisotopic (exact) mass is 189 g/mol. The zero-order chi connectivity index (χ0) is 10.1. The lowest BCUT2D eigenvalue weighted by Crippen LogP contribution is -2.05. The first-order valence-electron chi connectivity index (χ1n) is 5.51. The van der Waals surface area contributed by atoms with Gasteiger partial charge in [0.1, 0.15) is 0 Å². The molecule has 14 heavy (non-hydrogen) atoms. The van der Waals surface area contributed by atoms with Gasteiger partial charge in [0.15, 0.2) is 0 Å². The summed E-state index contributed by atoms with van der Waals surface area (Å²) in [5, 5.41) is 3.48. The summed E-state index contributed by atoms with van der Waals surface area (Å²) >= 11 is 0. The Balaban J connectivity index is 2.24. The van der Waals surface area contributed by atoms with Gasteiger partial charge in [0.05, 0.1) is 0 Å². The summed E-state index contributed by atoms with van der Waals surface area (Å²) in [5.41, 5.74) is 4.25. The molecule has 1 aromatic carbocycles. The molecule has 0 aliphatic carbocycles. The number of nitrogens with one attached hydrogen (secondary N) is 1. The van der Waals surface area contributed by atoms with Crippen molar-refractivity contribution in [1.29, 1.82) is 0 Å². The molecule has 0 spiro atoms. The number of rotatable bonds is 2. The molecule has 0 aromatic heterocycles. The summed E-state index contributed by atoms with van der Waals surface area (Å²) in [7, 11) is 0. The molecular weight excluding hydrogens is 170 g/mol. The fourth-order valence-electron chi connectivity index (χ4n) is 2.30. The Kier molecular flexibility index (Phi) is 2.49. The first-order chi connectivity index (χ1) is 6.66. The zero-order valence-corrected chi connectivity index (χ0v) is 9.30. The second-order valence-corrected chi connectivity index (χ2v) is 4.80. The molecule has 2 rings (SSSR count). The van der Waals surface area contributed by atoms with E-state index in [2.05, 4.69) is 44.3 Å². The standard InChI is InChI=1S/C13H19N/c1-9(2)6-11-8-14-13-5-4-10(3)7-12(11)13/h4-5,7,9,11,14H,6,8H2,1-3H3. The van der Waals surface area contributed by atoms with Gasteiger partial charge < -0.3 is 5.32 Å². The van der Waals surface area contributed by atoms with Crippen molar-refractivity contribution in [3.05, 3.63) is 29.3 Å². The molecule has 0 saturated heterocycles. The summed E-state index contributed by atoms with van der Waals surface area (Å²) in [6, 6.07) is 6.73. The third-order valence-electron chi connectivity index (χ3n) is 2.94. The molecule has 0 radical (unpaired) electrons. The van der Waals surface area contributed by atoms with Crippen LogP contribution in [0.25, 0.3) is 0 Å². The van der Waals surface area contributed by atoms with E-state index in [0.717, 1.165) is 18.4 Å². The predicted molar refractivity (Wildman–Crippen MR) is 61.9 cm³/mol. The van der Waals surface area contributed by atoms with Gasteiger partial charge in [0.25, 0.3) is 0 Å². The highest BCUT2D eigenvalue weighted by molar-refractivity contribution is 5.58. The Morgan fingerprint density at radius 1 is 1.43 bits per heavy atom. The molecule has 0 amide bonds. The highest BCUT2D eigenvalue weighted by atomic mass is 14.9. The molecular formula is C13H19N. The Bertz CT molecular complexity index is 328. The van der Waals surface area contributed by atoms with Crippen LogP contribution in [0.15, 0.2) is 18.2 Å². The summed E-state index contributed by atoms with van der Waals surface area (Å²) < 4.78 is 0. The molecule has 0 fully saturated rings. The van der Waals surface area contributed by atoms with Gasteiger partial charge in [-0.15, -0.1) is 0 Å². The van der Waals surface area contributed by atoms with Gasteiger partial charge in [-0.1, -0.05) is 31.5 Å². The van der Waals surface area contributed by atoms with E-state index in [1.54, 1.807) is 0 Å². The van der Waals surface area contributed by atoms with Gasteiger partial charge in [-0.25, -0.2) is 0 Å². The van der Waals surface area contributed by atoms with Crippen LogP contribution in [-0.4, -0.2) is 6.54 Å². The molecule has 1 aromatic rings. The molecule has 0 saturated carbocycles. The fraction of sp³-hybridized carbons (Fsp3) is 0.538. The average Bonchev–Trinajstić information content (AvgIpc) is 2.47. The molecule has 1 atom stereocenters. The van der Waals surface area contributed by atoms with Gasteiger partial charge in [0.2, 0.25) is 0 Å². The van der Waals surface area contributed by atoms with Crippen molar-refractivity contribution < 1.29 is 0 Å². The van der Waals surface area contributed by atoms with Crippen molar-refractivity contribution in [2.24, 2.45) is 5.92 Å². The van der Waals surface area contributed by atoms with Crippen LogP contribution >= 0.6 is 0 Å². The van der Waals surface area contributed by atoms with Crippen molar-refractivity contribution in [2.45, 2.75) is 33.1 Å². The number of hydrogen-bond acceptors (Lipinski definition) is 1. The number of fused-ring (bicyclic) bond motifs is 1. The molecule has 76 valence electrons. The van der Waals surface area contributed by atoms with E-state index in [1.807, 2.05) is 0 Å². The van der Waals surface area contributed by atoms with E-state index in [9.17, 15) is 0 Å². The lowest BCUT2D eigenvalue weighted by Gasteiger charge is -2.12. The highest BCUT2D eigenvalue weighted by Gasteiger charge is 2.22. The van der Waals surface area contributed by atoms with Crippen LogP contribution < -0.4 is 5.32 Å². The van der Waals surface area contributed by atoms with Crippen LogP contribution in [-0.2, 0) is 0 Å². The minimum absolute atomic E-state index is 0.727. The van der Waals surface area contributed by atoms with E-state index in [-0.39, 0.29) is 0 Å². The number of aryl methyl sites for hydroxylation is 1. The molecule has 1 aliphatic rings. The average molecular weight is 189 g/mol. The SMILES string of the molecule is Cc1ccc2c(c1)C(CC(C)C)CN2. The van der Waals surface area contributed by atoms with Gasteiger partial charge in [0, 0.05) is 18.2 Å².